The molecule has 122 valence electrons. The van der Waals surface area contributed by atoms with Crippen molar-refractivity contribution in [3.63, 3.8) is 0 Å². The van der Waals surface area contributed by atoms with Gasteiger partial charge in [-0.3, -0.25) is 4.79 Å². The second-order valence-electron chi connectivity index (χ2n) is 5.46. The molecule has 0 saturated heterocycles. The Balaban J connectivity index is 1.78. The number of carbonyl (C=O) groups is 1. The molecule has 3 rings (SSSR count). The summed E-state index contributed by atoms with van der Waals surface area (Å²) in [4.78, 5) is 21.1. The Morgan fingerprint density at radius 2 is 1.92 bits per heavy atom. The van der Waals surface area contributed by atoms with E-state index in [4.69, 9.17) is 0 Å². The van der Waals surface area contributed by atoms with Gasteiger partial charge < -0.3 is 10.6 Å². The van der Waals surface area contributed by atoms with Gasteiger partial charge in [0.1, 0.15) is 10.8 Å². The summed E-state index contributed by atoms with van der Waals surface area (Å²) in [6.07, 6.45) is 3.40. The normalized spacial score (nSPS) is 11.8. The van der Waals surface area contributed by atoms with Crippen molar-refractivity contribution in [3.05, 3.63) is 70.3 Å². The van der Waals surface area contributed by atoms with E-state index >= 15 is 0 Å². The number of carbonyl (C=O) groups excluding carboxylic acids is 1. The maximum atomic E-state index is 12.6. The third-order valence-corrected chi connectivity index (χ3v) is 4.49. The highest BCUT2D eigenvalue weighted by Crippen LogP contribution is 2.21. The molecule has 6 heteroatoms. The smallest absolute Gasteiger partial charge is 0.255 e. The number of benzene rings is 1. The van der Waals surface area contributed by atoms with E-state index in [0.717, 1.165) is 10.7 Å². The molecule has 0 fully saturated rings. The summed E-state index contributed by atoms with van der Waals surface area (Å²) in [5.41, 5.74) is 2.57. The van der Waals surface area contributed by atoms with Crippen LogP contribution in [0.4, 0.5) is 11.5 Å². The van der Waals surface area contributed by atoms with E-state index in [1.165, 1.54) is 16.9 Å². The molecule has 0 aliphatic carbocycles. The molecule has 5 nitrogen and oxygen atoms in total. The van der Waals surface area contributed by atoms with Crippen molar-refractivity contribution in [3.8, 4) is 0 Å². The maximum absolute atomic E-state index is 12.6. The van der Waals surface area contributed by atoms with Crippen molar-refractivity contribution < 1.29 is 4.79 Å². The molecule has 0 spiro atoms. The standard InChI is InChI=1S/C18H18N4OS/c1-12-5-7-14(8-6-12)22-16-15(4-3-9-19-16)17(23)21-13(2)18-20-10-11-24-18/h3-11,13H,1-2H3,(H,19,22)(H,21,23). The molecule has 0 bridgehead atoms. The Morgan fingerprint density at radius 3 is 2.62 bits per heavy atom. The molecule has 1 aromatic carbocycles. The molecule has 0 saturated carbocycles. The van der Waals surface area contributed by atoms with Gasteiger partial charge in [-0.1, -0.05) is 17.7 Å². The maximum Gasteiger partial charge on any atom is 0.255 e. The van der Waals surface area contributed by atoms with E-state index < -0.39 is 0 Å². The zero-order valence-electron chi connectivity index (χ0n) is 13.5. The number of thiazole rings is 1. The SMILES string of the molecule is Cc1ccc(Nc2ncccc2C(=O)NC(C)c2nccs2)cc1. The number of aromatic nitrogens is 2. The van der Waals surface area contributed by atoms with Crippen LogP contribution in [0.25, 0.3) is 0 Å². The highest BCUT2D eigenvalue weighted by Gasteiger charge is 2.17. The first-order valence-corrected chi connectivity index (χ1v) is 8.50. The quantitative estimate of drug-likeness (QED) is 0.735. The molecule has 2 N–H and O–H groups in total. The van der Waals surface area contributed by atoms with E-state index in [-0.39, 0.29) is 11.9 Å². The minimum atomic E-state index is -0.180. The topological polar surface area (TPSA) is 66.9 Å². The molecular weight excluding hydrogens is 320 g/mol. The highest BCUT2D eigenvalue weighted by molar-refractivity contribution is 7.09. The van der Waals surface area contributed by atoms with Crippen LogP contribution in [0.1, 0.15) is 33.9 Å². The molecular formula is C18H18N4OS. The lowest BCUT2D eigenvalue weighted by Crippen LogP contribution is -2.27. The van der Waals surface area contributed by atoms with Crippen LogP contribution in [0.2, 0.25) is 0 Å². The van der Waals surface area contributed by atoms with Crippen LogP contribution in [0.5, 0.6) is 0 Å². The van der Waals surface area contributed by atoms with Gasteiger partial charge in [0.15, 0.2) is 0 Å². The van der Waals surface area contributed by atoms with E-state index in [1.807, 2.05) is 43.5 Å². The molecule has 24 heavy (non-hydrogen) atoms. The van der Waals surface area contributed by atoms with Gasteiger partial charge in [0.2, 0.25) is 0 Å². The first-order chi connectivity index (χ1) is 11.6. The monoisotopic (exact) mass is 338 g/mol. The van der Waals surface area contributed by atoms with Crippen LogP contribution in [0, 0.1) is 6.92 Å². The number of aryl methyl sites for hydroxylation is 1. The largest absolute Gasteiger partial charge is 0.343 e. The van der Waals surface area contributed by atoms with Crippen molar-refractivity contribution in [2.75, 3.05) is 5.32 Å². The fraction of sp³-hybridized carbons (Fsp3) is 0.167. The minimum Gasteiger partial charge on any atom is -0.343 e. The van der Waals surface area contributed by atoms with Crippen LogP contribution in [0.15, 0.2) is 54.2 Å². The predicted molar refractivity (Wildman–Crippen MR) is 96.7 cm³/mol. The zero-order valence-corrected chi connectivity index (χ0v) is 14.3. The van der Waals surface area contributed by atoms with Crippen molar-refractivity contribution >= 4 is 28.7 Å². The van der Waals surface area contributed by atoms with Gasteiger partial charge in [-0.15, -0.1) is 11.3 Å². The average molecular weight is 338 g/mol. The third-order valence-electron chi connectivity index (χ3n) is 3.54. The van der Waals surface area contributed by atoms with Gasteiger partial charge in [-0.2, -0.15) is 0 Å². The highest BCUT2D eigenvalue weighted by atomic mass is 32.1. The molecule has 3 aromatic rings. The summed E-state index contributed by atoms with van der Waals surface area (Å²) in [5, 5.41) is 8.94. The van der Waals surface area contributed by atoms with Gasteiger partial charge in [0.25, 0.3) is 5.91 Å². The van der Waals surface area contributed by atoms with Gasteiger partial charge in [0, 0.05) is 23.5 Å². The lowest BCUT2D eigenvalue weighted by Gasteiger charge is -2.14. The molecule has 0 radical (unpaired) electrons. The Morgan fingerprint density at radius 1 is 1.12 bits per heavy atom. The first kappa shape index (κ1) is 16.1. The molecule has 2 aromatic heterocycles. The summed E-state index contributed by atoms with van der Waals surface area (Å²) in [6.45, 7) is 3.95. The number of nitrogens with one attached hydrogen (secondary N) is 2. The fourth-order valence-corrected chi connectivity index (χ4v) is 2.89. The van der Waals surface area contributed by atoms with Gasteiger partial charge in [-0.25, -0.2) is 9.97 Å². The van der Waals surface area contributed by atoms with Crippen LogP contribution in [0.3, 0.4) is 0 Å². The lowest BCUT2D eigenvalue weighted by atomic mass is 10.2. The average Bonchev–Trinajstić information content (AvgIpc) is 3.12. The number of rotatable bonds is 5. The lowest BCUT2D eigenvalue weighted by molar-refractivity contribution is 0.0940. The number of hydrogen-bond donors (Lipinski definition) is 2. The Labute approximate surface area is 144 Å². The number of anilines is 2. The van der Waals surface area contributed by atoms with Crippen molar-refractivity contribution in [2.24, 2.45) is 0 Å². The minimum absolute atomic E-state index is 0.148. The fourth-order valence-electron chi connectivity index (χ4n) is 2.25. The van der Waals surface area contributed by atoms with Gasteiger partial charge in [-0.05, 0) is 38.1 Å². The van der Waals surface area contributed by atoms with Crippen molar-refractivity contribution in [2.45, 2.75) is 19.9 Å². The van der Waals surface area contributed by atoms with Crippen molar-refractivity contribution in [1.82, 2.24) is 15.3 Å². The summed E-state index contributed by atoms with van der Waals surface area (Å²) >= 11 is 1.52. The molecule has 0 aliphatic heterocycles. The summed E-state index contributed by atoms with van der Waals surface area (Å²) in [5.74, 6) is 0.352. The number of hydrogen-bond acceptors (Lipinski definition) is 5. The number of pyridine rings is 1. The second-order valence-corrected chi connectivity index (χ2v) is 6.38. The van der Waals surface area contributed by atoms with Gasteiger partial charge in [0.05, 0.1) is 11.6 Å². The van der Waals surface area contributed by atoms with E-state index in [0.29, 0.717) is 11.4 Å². The molecule has 0 aliphatic rings. The Kier molecular flexibility index (Phi) is 4.86. The van der Waals surface area contributed by atoms with Gasteiger partial charge >= 0.3 is 0 Å². The van der Waals surface area contributed by atoms with Crippen LogP contribution >= 0.6 is 11.3 Å². The Hall–Kier alpha value is -2.73. The number of amides is 1. The van der Waals surface area contributed by atoms with Crippen LogP contribution < -0.4 is 10.6 Å². The van der Waals surface area contributed by atoms with Crippen LogP contribution in [-0.4, -0.2) is 15.9 Å². The summed E-state index contributed by atoms with van der Waals surface area (Å²) < 4.78 is 0. The third kappa shape index (κ3) is 3.78. The van der Waals surface area contributed by atoms with E-state index in [9.17, 15) is 4.79 Å². The van der Waals surface area contributed by atoms with E-state index in [1.54, 1.807) is 24.5 Å². The molecule has 2 heterocycles. The van der Waals surface area contributed by atoms with Crippen molar-refractivity contribution in [1.29, 1.82) is 0 Å². The summed E-state index contributed by atoms with van der Waals surface area (Å²) in [6, 6.07) is 11.3. The Bertz CT molecular complexity index is 815. The second kappa shape index (κ2) is 7.23. The predicted octanol–water partition coefficient (Wildman–Crippen LogP) is 4.08. The summed E-state index contributed by atoms with van der Waals surface area (Å²) in [7, 11) is 0. The first-order valence-electron chi connectivity index (χ1n) is 7.62. The molecule has 1 unspecified atom stereocenters. The van der Waals surface area contributed by atoms with E-state index in [2.05, 4.69) is 20.6 Å². The zero-order chi connectivity index (χ0) is 16.9. The molecule has 1 atom stereocenters. The molecule has 1 amide bonds. The number of nitrogens with zero attached hydrogens (tertiary/aromatic N) is 2. The van der Waals surface area contributed by atoms with Crippen LogP contribution in [-0.2, 0) is 0 Å².